The maximum Gasteiger partial charge on any atom is 0.234 e. The quantitative estimate of drug-likeness (QED) is 0.706. The SMILES string of the molecule is CCCC(C)NC(=O)CN(C)CCC1CCCCN1. The normalized spacial score (nSPS) is 21.4. The van der Waals surface area contributed by atoms with Crippen molar-refractivity contribution in [1.82, 2.24) is 15.5 Å². The average molecular weight is 269 g/mol. The molecular formula is C15H31N3O. The Morgan fingerprint density at radius 2 is 2.26 bits per heavy atom. The highest BCUT2D eigenvalue weighted by molar-refractivity contribution is 5.78. The molecule has 0 saturated carbocycles. The lowest BCUT2D eigenvalue weighted by molar-refractivity contribution is -0.122. The number of rotatable bonds is 8. The third-order valence-corrected chi connectivity index (χ3v) is 3.81. The summed E-state index contributed by atoms with van der Waals surface area (Å²) >= 11 is 0. The number of nitrogens with zero attached hydrogens (tertiary/aromatic N) is 1. The highest BCUT2D eigenvalue weighted by atomic mass is 16.2. The Balaban J connectivity index is 2.11. The van der Waals surface area contributed by atoms with Crippen molar-refractivity contribution < 1.29 is 4.79 Å². The van der Waals surface area contributed by atoms with E-state index >= 15 is 0 Å². The largest absolute Gasteiger partial charge is 0.353 e. The van der Waals surface area contributed by atoms with E-state index < -0.39 is 0 Å². The Labute approximate surface area is 118 Å². The first-order valence-corrected chi connectivity index (χ1v) is 7.83. The van der Waals surface area contributed by atoms with Crippen molar-refractivity contribution in [1.29, 1.82) is 0 Å². The van der Waals surface area contributed by atoms with E-state index in [1.165, 1.54) is 19.3 Å². The average Bonchev–Trinajstić information content (AvgIpc) is 2.37. The van der Waals surface area contributed by atoms with Crippen molar-refractivity contribution in [3.05, 3.63) is 0 Å². The predicted octanol–water partition coefficient (Wildman–Crippen LogP) is 1.76. The molecule has 0 aromatic rings. The van der Waals surface area contributed by atoms with Crippen LogP contribution in [0.15, 0.2) is 0 Å². The summed E-state index contributed by atoms with van der Waals surface area (Å²) in [6.07, 6.45) is 7.26. The van der Waals surface area contributed by atoms with Crippen LogP contribution in [0.2, 0.25) is 0 Å². The second-order valence-corrected chi connectivity index (χ2v) is 5.93. The van der Waals surface area contributed by atoms with Crippen LogP contribution in [0.5, 0.6) is 0 Å². The minimum atomic E-state index is 0.153. The molecule has 1 fully saturated rings. The van der Waals surface area contributed by atoms with Crippen LogP contribution in [-0.2, 0) is 4.79 Å². The van der Waals surface area contributed by atoms with Crippen molar-refractivity contribution in [3.8, 4) is 0 Å². The molecule has 4 nitrogen and oxygen atoms in total. The van der Waals surface area contributed by atoms with Crippen LogP contribution in [0.1, 0.15) is 52.4 Å². The number of hydrogen-bond donors (Lipinski definition) is 2. The van der Waals surface area contributed by atoms with Gasteiger partial charge in [-0.25, -0.2) is 0 Å². The summed E-state index contributed by atoms with van der Waals surface area (Å²) in [7, 11) is 2.03. The lowest BCUT2D eigenvalue weighted by Crippen LogP contribution is -2.41. The minimum Gasteiger partial charge on any atom is -0.353 e. The third kappa shape index (κ3) is 7.53. The van der Waals surface area contributed by atoms with Crippen LogP contribution >= 0.6 is 0 Å². The van der Waals surface area contributed by atoms with Crippen LogP contribution in [0.25, 0.3) is 0 Å². The molecule has 2 atom stereocenters. The van der Waals surface area contributed by atoms with Gasteiger partial charge in [-0.05, 0) is 52.7 Å². The maximum absolute atomic E-state index is 11.8. The van der Waals surface area contributed by atoms with Crippen molar-refractivity contribution >= 4 is 5.91 Å². The molecule has 1 aliphatic heterocycles. The van der Waals surface area contributed by atoms with Gasteiger partial charge >= 0.3 is 0 Å². The number of piperidine rings is 1. The van der Waals surface area contributed by atoms with E-state index in [0.29, 0.717) is 18.6 Å². The zero-order chi connectivity index (χ0) is 14.1. The van der Waals surface area contributed by atoms with Gasteiger partial charge in [0.1, 0.15) is 0 Å². The fourth-order valence-electron chi connectivity index (χ4n) is 2.70. The zero-order valence-electron chi connectivity index (χ0n) is 12.9. The van der Waals surface area contributed by atoms with Crippen molar-refractivity contribution in [3.63, 3.8) is 0 Å². The molecule has 0 bridgehead atoms. The number of carbonyl (C=O) groups excluding carboxylic acids is 1. The molecule has 0 aromatic carbocycles. The van der Waals surface area contributed by atoms with Gasteiger partial charge in [-0.2, -0.15) is 0 Å². The highest BCUT2D eigenvalue weighted by Gasteiger charge is 2.14. The smallest absolute Gasteiger partial charge is 0.234 e. The molecule has 4 heteroatoms. The van der Waals surface area contributed by atoms with Gasteiger partial charge < -0.3 is 10.6 Å². The fraction of sp³-hybridized carbons (Fsp3) is 0.933. The van der Waals surface area contributed by atoms with E-state index in [1.54, 1.807) is 0 Å². The molecule has 1 heterocycles. The minimum absolute atomic E-state index is 0.153. The molecule has 1 amide bonds. The Kier molecular flexibility index (Phi) is 8.07. The molecule has 0 aromatic heterocycles. The summed E-state index contributed by atoms with van der Waals surface area (Å²) in [5.41, 5.74) is 0. The topological polar surface area (TPSA) is 44.4 Å². The first-order chi connectivity index (χ1) is 9.11. The molecule has 1 saturated heterocycles. The van der Waals surface area contributed by atoms with Crippen molar-refractivity contribution in [2.75, 3.05) is 26.7 Å². The van der Waals surface area contributed by atoms with Crippen LogP contribution in [0.3, 0.4) is 0 Å². The molecule has 0 aliphatic carbocycles. The van der Waals surface area contributed by atoms with E-state index in [0.717, 1.165) is 32.4 Å². The molecule has 0 radical (unpaired) electrons. The molecule has 1 aliphatic rings. The lowest BCUT2D eigenvalue weighted by Gasteiger charge is -2.26. The van der Waals surface area contributed by atoms with E-state index in [-0.39, 0.29) is 5.91 Å². The van der Waals surface area contributed by atoms with Gasteiger partial charge in [-0.1, -0.05) is 19.8 Å². The summed E-state index contributed by atoms with van der Waals surface area (Å²) in [6.45, 7) is 6.89. The maximum atomic E-state index is 11.8. The Hall–Kier alpha value is -0.610. The van der Waals surface area contributed by atoms with Crippen LogP contribution in [0, 0.1) is 0 Å². The van der Waals surface area contributed by atoms with E-state index in [4.69, 9.17) is 0 Å². The molecule has 1 rings (SSSR count). The molecule has 2 N–H and O–H groups in total. The molecular weight excluding hydrogens is 238 g/mol. The van der Waals surface area contributed by atoms with Gasteiger partial charge in [-0.3, -0.25) is 9.69 Å². The monoisotopic (exact) mass is 269 g/mol. The highest BCUT2D eigenvalue weighted by Crippen LogP contribution is 2.10. The molecule has 19 heavy (non-hydrogen) atoms. The molecule has 2 unspecified atom stereocenters. The van der Waals surface area contributed by atoms with Gasteiger partial charge in [0.15, 0.2) is 0 Å². The second-order valence-electron chi connectivity index (χ2n) is 5.93. The zero-order valence-corrected chi connectivity index (χ0v) is 12.9. The first kappa shape index (κ1) is 16.4. The second kappa shape index (κ2) is 9.32. The van der Waals surface area contributed by atoms with Gasteiger partial charge in [0.05, 0.1) is 6.54 Å². The first-order valence-electron chi connectivity index (χ1n) is 7.83. The van der Waals surface area contributed by atoms with Crippen molar-refractivity contribution in [2.24, 2.45) is 0 Å². The standard InChI is InChI=1S/C15H31N3O/c1-4-7-13(2)17-15(19)12-18(3)11-9-14-8-5-6-10-16-14/h13-14,16H,4-12H2,1-3H3,(H,17,19). The number of nitrogens with one attached hydrogen (secondary N) is 2. The van der Waals surface area contributed by atoms with Gasteiger partial charge in [-0.15, -0.1) is 0 Å². The van der Waals surface area contributed by atoms with E-state index in [1.807, 2.05) is 7.05 Å². The summed E-state index contributed by atoms with van der Waals surface area (Å²) in [5.74, 6) is 0.153. The number of likely N-dealkylation sites (N-methyl/N-ethyl adjacent to an activating group) is 1. The summed E-state index contributed by atoms with van der Waals surface area (Å²) in [4.78, 5) is 14.0. The van der Waals surface area contributed by atoms with E-state index in [9.17, 15) is 4.79 Å². The van der Waals surface area contributed by atoms with Gasteiger partial charge in [0.25, 0.3) is 0 Å². The van der Waals surface area contributed by atoms with Gasteiger partial charge in [0, 0.05) is 12.1 Å². The van der Waals surface area contributed by atoms with E-state index in [2.05, 4.69) is 29.4 Å². The predicted molar refractivity (Wildman–Crippen MR) is 80.3 cm³/mol. The van der Waals surface area contributed by atoms with Crippen molar-refractivity contribution in [2.45, 2.75) is 64.5 Å². The van der Waals surface area contributed by atoms with Crippen LogP contribution in [-0.4, -0.2) is 49.6 Å². The summed E-state index contributed by atoms with van der Waals surface area (Å²) in [5, 5.41) is 6.60. The fourth-order valence-corrected chi connectivity index (χ4v) is 2.70. The number of amides is 1. The van der Waals surface area contributed by atoms with Gasteiger partial charge in [0.2, 0.25) is 5.91 Å². The number of carbonyl (C=O) groups is 1. The Morgan fingerprint density at radius 3 is 2.89 bits per heavy atom. The lowest BCUT2D eigenvalue weighted by atomic mass is 10.0. The summed E-state index contributed by atoms with van der Waals surface area (Å²) < 4.78 is 0. The molecule has 112 valence electrons. The third-order valence-electron chi connectivity index (χ3n) is 3.81. The molecule has 0 spiro atoms. The Bertz CT molecular complexity index is 252. The number of hydrogen-bond acceptors (Lipinski definition) is 3. The summed E-state index contributed by atoms with van der Waals surface area (Å²) in [6, 6.07) is 0.948. The van der Waals surface area contributed by atoms with Crippen LogP contribution in [0.4, 0.5) is 0 Å². The Morgan fingerprint density at radius 1 is 1.47 bits per heavy atom. The van der Waals surface area contributed by atoms with Crippen LogP contribution < -0.4 is 10.6 Å².